The van der Waals surface area contributed by atoms with E-state index < -0.39 is 0 Å². The Morgan fingerprint density at radius 2 is 1.90 bits per heavy atom. The van der Waals surface area contributed by atoms with Crippen LogP contribution >= 0.6 is 0 Å². The third kappa shape index (κ3) is 3.75. The van der Waals surface area contributed by atoms with E-state index in [1.807, 2.05) is 0 Å². The van der Waals surface area contributed by atoms with Crippen LogP contribution in [0.3, 0.4) is 0 Å². The number of rotatable bonds is 5. The normalized spacial score (nSPS) is 37.2. The van der Waals surface area contributed by atoms with Crippen molar-refractivity contribution >= 4 is 0 Å². The van der Waals surface area contributed by atoms with Gasteiger partial charge < -0.3 is 15.0 Å². The van der Waals surface area contributed by atoms with Crippen LogP contribution in [0.25, 0.3) is 0 Å². The molecule has 0 aromatic heterocycles. The van der Waals surface area contributed by atoms with Gasteiger partial charge in [0.1, 0.15) is 0 Å². The maximum absolute atomic E-state index is 5.99. The highest BCUT2D eigenvalue weighted by atomic mass is 16.5. The molecule has 1 saturated carbocycles. The quantitative estimate of drug-likeness (QED) is 0.838. The Labute approximate surface area is 124 Å². The van der Waals surface area contributed by atoms with Gasteiger partial charge in [-0.15, -0.1) is 0 Å². The Hall–Kier alpha value is -0.120. The average Bonchev–Trinajstić information content (AvgIpc) is 3.30. The molecule has 2 unspecified atom stereocenters. The Morgan fingerprint density at radius 3 is 2.55 bits per heavy atom. The molecule has 2 atom stereocenters. The van der Waals surface area contributed by atoms with Crippen molar-refractivity contribution in [2.45, 2.75) is 76.5 Å². The van der Waals surface area contributed by atoms with E-state index in [2.05, 4.69) is 24.1 Å². The van der Waals surface area contributed by atoms with Gasteiger partial charge in [-0.2, -0.15) is 0 Å². The van der Waals surface area contributed by atoms with Crippen LogP contribution in [-0.2, 0) is 4.74 Å². The van der Waals surface area contributed by atoms with Gasteiger partial charge in [0.25, 0.3) is 0 Å². The molecular formula is C17H32N2O. The number of hydrogen-bond acceptors (Lipinski definition) is 3. The van der Waals surface area contributed by atoms with Crippen LogP contribution < -0.4 is 5.32 Å². The summed E-state index contributed by atoms with van der Waals surface area (Å²) in [5.41, 5.74) is 0.129. The van der Waals surface area contributed by atoms with Crippen molar-refractivity contribution in [3.63, 3.8) is 0 Å². The molecule has 3 aliphatic rings. The van der Waals surface area contributed by atoms with Crippen LogP contribution in [-0.4, -0.2) is 48.8 Å². The fourth-order valence-electron chi connectivity index (χ4n) is 3.78. The van der Waals surface area contributed by atoms with Crippen molar-refractivity contribution in [3.05, 3.63) is 0 Å². The van der Waals surface area contributed by atoms with Gasteiger partial charge in [0.15, 0.2) is 0 Å². The molecule has 0 bridgehead atoms. The zero-order valence-electron chi connectivity index (χ0n) is 13.4. The van der Waals surface area contributed by atoms with Gasteiger partial charge in [-0.1, -0.05) is 6.92 Å². The molecule has 0 aromatic rings. The van der Waals surface area contributed by atoms with Crippen LogP contribution in [0.15, 0.2) is 0 Å². The first-order valence-electron chi connectivity index (χ1n) is 8.80. The van der Waals surface area contributed by atoms with E-state index in [0.29, 0.717) is 0 Å². The zero-order chi connectivity index (χ0) is 14.0. The molecule has 116 valence electrons. The van der Waals surface area contributed by atoms with Gasteiger partial charge in [-0.25, -0.2) is 0 Å². The Kier molecular flexibility index (Phi) is 4.68. The highest BCUT2D eigenvalue weighted by molar-refractivity contribution is 4.90. The number of piperidine rings is 1. The predicted octanol–water partition coefficient (Wildman–Crippen LogP) is 2.80. The first-order chi connectivity index (χ1) is 9.68. The summed E-state index contributed by atoms with van der Waals surface area (Å²) in [7, 11) is 0. The van der Waals surface area contributed by atoms with E-state index in [0.717, 1.165) is 31.0 Å². The van der Waals surface area contributed by atoms with Crippen LogP contribution in [0.1, 0.15) is 58.8 Å². The fourth-order valence-corrected chi connectivity index (χ4v) is 3.78. The molecule has 0 radical (unpaired) electrons. The SMILES string of the molecule is CCC1(C)CC(N2CCC(NCC3CC3)CC2)CCO1. The number of nitrogens with one attached hydrogen (secondary N) is 1. The maximum Gasteiger partial charge on any atom is 0.0666 e. The molecule has 3 fully saturated rings. The van der Waals surface area contributed by atoms with Gasteiger partial charge in [-0.05, 0) is 77.4 Å². The average molecular weight is 280 g/mol. The smallest absolute Gasteiger partial charge is 0.0666 e. The first-order valence-corrected chi connectivity index (χ1v) is 8.80. The minimum Gasteiger partial charge on any atom is -0.375 e. The second kappa shape index (κ2) is 6.33. The molecule has 2 heterocycles. The molecule has 1 N–H and O–H groups in total. The highest BCUT2D eigenvalue weighted by Gasteiger charge is 2.35. The Bertz CT molecular complexity index is 310. The van der Waals surface area contributed by atoms with Crippen molar-refractivity contribution in [2.24, 2.45) is 5.92 Å². The second-order valence-corrected chi connectivity index (χ2v) is 7.46. The highest BCUT2D eigenvalue weighted by Crippen LogP contribution is 2.32. The van der Waals surface area contributed by atoms with Gasteiger partial charge in [-0.3, -0.25) is 0 Å². The van der Waals surface area contributed by atoms with E-state index in [4.69, 9.17) is 4.74 Å². The Balaban J connectivity index is 1.42. The molecule has 2 aliphatic heterocycles. The largest absolute Gasteiger partial charge is 0.375 e. The number of ether oxygens (including phenoxy) is 1. The standard InChI is InChI=1S/C17H32N2O/c1-3-17(2)12-16(8-11-20-17)19-9-6-15(7-10-19)18-13-14-4-5-14/h14-16,18H,3-13H2,1-2H3. The summed E-state index contributed by atoms with van der Waals surface area (Å²) >= 11 is 0. The van der Waals surface area contributed by atoms with E-state index in [9.17, 15) is 0 Å². The minimum absolute atomic E-state index is 0.129. The topological polar surface area (TPSA) is 24.5 Å². The fraction of sp³-hybridized carbons (Fsp3) is 1.00. The number of hydrogen-bond donors (Lipinski definition) is 1. The van der Waals surface area contributed by atoms with Crippen molar-refractivity contribution in [1.82, 2.24) is 10.2 Å². The molecule has 3 rings (SSSR count). The lowest BCUT2D eigenvalue weighted by Gasteiger charge is -2.45. The molecular weight excluding hydrogens is 248 g/mol. The zero-order valence-corrected chi connectivity index (χ0v) is 13.4. The predicted molar refractivity (Wildman–Crippen MR) is 83.0 cm³/mol. The number of nitrogens with zero attached hydrogens (tertiary/aromatic N) is 1. The van der Waals surface area contributed by atoms with Crippen molar-refractivity contribution in [1.29, 1.82) is 0 Å². The number of likely N-dealkylation sites (tertiary alicyclic amines) is 1. The monoisotopic (exact) mass is 280 g/mol. The summed E-state index contributed by atoms with van der Waals surface area (Å²) in [5.74, 6) is 1.01. The van der Waals surface area contributed by atoms with Crippen molar-refractivity contribution in [3.8, 4) is 0 Å². The molecule has 3 nitrogen and oxygen atoms in total. The third-order valence-corrected chi connectivity index (χ3v) is 5.75. The van der Waals surface area contributed by atoms with Crippen LogP contribution in [0.5, 0.6) is 0 Å². The summed E-state index contributed by atoms with van der Waals surface area (Å²) < 4.78 is 5.99. The summed E-state index contributed by atoms with van der Waals surface area (Å²) in [4.78, 5) is 2.74. The third-order valence-electron chi connectivity index (χ3n) is 5.75. The summed E-state index contributed by atoms with van der Waals surface area (Å²) in [6.07, 6.45) is 9.20. The molecule has 2 saturated heterocycles. The van der Waals surface area contributed by atoms with Gasteiger partial charge in [0.2, 0.25) is 0 Å². The second-order valence-electron chi connectivity index (χ2n) is 7.46. The van der Waals surface area contributed by atoms with E-state index in [1.165, 1.54) is 58.2 Å². The van der Waals surface area contributed by atoms with Crippen LogP contribution in [0, 0.1) is 5.92 Å². The van der Waals surface area contributed by atoms with Gasteiger partial charge in [0, 0.05) is 18.7 Å². The molecule has 20 heavy (non-hydrogen) atoms. The van der Waals surface area contributed by atoms with Crippen LogP contribution in [0.4, 0.5) is 0 Å². The summed E-state index contributed by atoms with van der Waals surface area (Å²) in [6, 6.07) is 1.54. The lowest BCUT2D eigenvalue weighted by atomic mass is 9.88. The molecule has 0 spiro atoms. The summed E-state index contributed by atoms with van der Waals surface area (Å²) in [6.45, 7) is 9.35. The molecule has 0 aromatic carbocycles. The van der Waals surface area contributed by atoms with Crippen molar-refractivity contribution < 1.29 is 4.74 Å². The molecule has 0 amide bonds. The van der Waals surface area contributed by atoms with E-state index in [1.54, 1.807) is 0 Å². The summed E-state index contributed by atoms with van der Waals surface area (Å²) in [5, 5.41) is 3.78. The lowest BCUT2D eigenvalue weighted by Crippen LogP contribution is -2.51. The van der Waals surface area contributed by atoms with Crippen molar-refractivity contribution in [2.75, 3.05) is 26.2 Å². The molecule has 3 heteroatoms. The van der Waals surface area contributed by atoms with Crippen LogP contribution in [0.2, 0.25) is 0 Å². The molecule has 1 aliphatic carbocycles. The van der Waals surface area contributed by atoms with E-state index in [-0.39, 0.29) is 5.60 Å². The van der Waals surface area contributed by atoms with E-state index >= 15 is 0 Å². The van der Waals surface area contributed by atoms with Gasteiger partial charge >= 0.3 is 0 Å². The first kappa shape index (κ1) is 14.8. The lowest BCUT2D eigenvalue weighted by molar-refractivity contribution is -0.0989. The van der Waals surface area contributed by atoms with Gasteiger partial charge in [0.05, 0.1) is 5.60 Å². The maximum atomic E-state index is 5.99. The Morgan fingerprint density at radius 1 is 1.15 bits per heavy atom. The minimum atomic E-state index is 0.129.